The monoisotopic (exact) mass is 220 g/mol. The molecule has 2 aromatic rings. The van der Waals surface area contributed by atoms with E-state index in [2.05, 4.69) is 5.10 Å². The van der Waals surface area contributed by atoms with Crippen LogP contribution in [0.1, 0.15) is 17.0 Å². The van der Waals surface area contributed by atoms with Crippen molar-refractivity contribution in [3.8, 4) is 5.69 Å². The highest BCUT2D eigenvalue weighted by atomic mass is 19.1. The Balaban J connectivity index is 2.56. The Kier molecular flexibility index (Phi) is 2.75. The molecule has 1 aromatic heterocycles. The maximum absolute atomic E-state index is 13.1. The molecule has 0 aliphatic heterocycles. The maximum atomic E-state index is 13.1. The van der Waals surface area contributed by atoms with Gasteiger partial charge in [-0.2, -0.15) is 5.10 Å². The lowest BCUT2D eigenvalue weighted by Gasteiger charge is -2.04. The number of aryl methyl sites for hydroxylation is 1. The first-order chi connectivity index (χ1) is 7.63. The number of rotatable bonds is 2. The number of hydrogen-bond acceptors (Lipinski definition) is 2. The molecule has 4 heteroatoms. The van der Waals surface area contributed by atoms with Crippen molar-refractivity contribution < 1.29 is 9.50 Å². The van der Waals surface area contributed by atoms with Crippen molar-refractivity contribution in [3.05, 3.63) is 47.0 Å². The van der Waals surface area contributed by atoms with Gasteiger partial charge in [0.25, 0.3) is 0 Å². The first kappa shape index (κ1) is 10.8. The van der Waals surface area contributed by atoms with E-state index in [-0.39, 0.29) is 12.4 Å². The Labute approximate surface area is 93.2 Å². The molecule has 84 valence electrons. The number of hydrogen-bond donors (Lipinski definition) is 1. The summed E-state index contributed by atoms with van der Waals surface area (Å²) in [5, 5.41) is 13.5. The Hall–Kier alpha value is -1.68. The molecule has 0 aliphatic rings. The van der Waals surface area contributed by atoms with Crippen LogP contribution in [-0.4, -0.2) is 14.9 Å². The van der Waals surface area contributed by atoms with Gasteiger partial charge in [0.15, 0.2) is 0 Å². The van der Waals surface area contributed by atoms with Crippen LogP contribution in [0.2, 0.25) is 0 Å². The molecule has 0 atom stereocenters. The average Bonchev–Trinajstić information content (AvgIpc) is 2.54. The number of aliphatic hydroxyl groups excluding tert-OH is 1. The van der Waals surface area contributed by atoms with Crippen molar-refractivity contribution in [1.29, 1.82) is 0 Å². The largest absolute Gasteiger partial charge is 0.392 e. The standard InChI is InChI=1S/C12H13FN2O/c1-8-12(7-16)9(2)15(14-8)11-5-3-4-10(13)6-11/h3-6,16H,7H2,1-2H3. The molecule has 0 unspecified atom stereocenters. The summed E-state index contributed by atoms with van der Waals surface area (Å²) in [7, 11) is 0. The molecular weight excluding hydrogens is 207 g/mol. The van der Waals surface area contributed by atoms with E-state index in [1.165, 1.54) is 12.1 Å². The number of aromatic nitrogens is 2. The van der Waals surface area contributed by atoms with Gasteiger partial charge >= 0.3 is 0 Å². The number of halogens is 1. The van der Waals surface area contributed by atoms with E-state index >= 15 is 0 Å². The van der Waals surface area contributed by atoms with Crippen LogP contribution in [-0.2, 0) is 6.61 Å². The predicted molar refractivity (Wildman–Crippen MR) is 58.9 cm³/mol. The fourth-order valence-electron chi connectivity index (χ4n) is 1.76. The summed E-state index contributed by atoms with van der Waals surface area (Å²) in [6, 6.07) is 6.23. The lowest BCUT2D eigenvalue weighted by Crippen LogP contribution is -1.99. The molecule has 0 bridgehead atoms. The number of nitrogens with zero attached hydrogens (tertiary/aromatic N) is 2. The van der Waals surface area contributed by atoms with Crippen molar-refractivity contribution in [2.24, 2.45) is 0 Å². The van der Waals surface area contributed by atoms with Gasteiger partial charge in [0, 0.05) is 11.3 Å². The van der Waals surface area contributed by atoms with Crippen molar-refractivity contribution in [1.82, 2.24) is 9.78 Å². The molecule has 0 amide bonds. The fraction of sp³-hybridized carbons (Fsp3) is 0.250. The first-order valence-electron chi connectivity index (χ1n) is 5.05. The zero-order valence-corrected chi connectivity index (χ0v) is 9.24. The molecule has 1 aromatic carbocycles. The second-order valence-corrected chi connectivity index (χ2v) is 3.70. The van der Waals surface area contributed by atoms with Gasteiger partial charge in [0.1, 0.15) is 5.82 Å². The van der Waals surface area contributed by atoms with Crippen molar-refractivity contribution >= 4 is 0 Å². The van der Waals surface area contributed by atoms with Crippen LogP contribution >= 0.6 is 0 Å². The molecule has 0 saturated heterocycles. The van der Waals surface area contributed by atoms with Gasteiger partial charge in [0.05, 0.1) is 18.0 Å². The van der Waals surface area contributed by atoms with Gasteiger partial charge in [-0.05, 0) is 32.0 Å². The summed E-state index contributed by atoms with van der Waals surface area (Å²) >= 11 is 0. The lowest BCUT2D eigenvalue weighted by molar-refractivity contribution is 0.280. The van der Waals surface area contributed by atoms with Gasteiger partial charge in [-0.15, -0.1) is 0 Å². The van der Waals surface area contributed by atoms with Crippen LogP contribution in [0, 0.1) is 19.7 Å². The highest BCUT2D eigenvalue weighted by molar-refractivity contribution is 5.37. The minimum atomic E-state index is -0.296. The zero-order chi connectivity index (χ0) is 11.7. The smallest absolute Gasteiger partial charge is 0.125 e. The SMILES string of the molecule is Cc1nn(-c2cccc(F)c2)c(C)c1CO. The van der Waals surface area contributed by atoms with Crippen LogP contribution in [0.4, 0.5) is 4.39 Å². The van der Waals surface area contributed by atoms with E-state index < -0.39 is 0 Å². The van der Waals surface area contributed by atoms with E-state index in [4.69, 9.17) is 0 Å². The average molecular weight is 220 g/mol. The Morgan fingerprint density at radius 3 is 2.69 bits per heavy atom. The Morgan fingerprint density at radius 1 is 1.38 bits per heavy atom. The summed E-state index contributed by atoms with van der Waals surface area (Å²) in [5.74, 6) is -0.296. The third kappa shape index (κ3) is 1.72. The second-order valence-electron chi connectivity index (χ2n) is 3.70. The van der Waals surface area contributed by atoms with Crippen molar-refractivity contribution in [3.63, 3.8) is 0 Å². The molecular formula is C12H13FN2O. The van der Waals surface area contributed by atoms with Crippen LogP contribution < -0.4 is 0 Å². The van der Waals surface area contributed by atoms with Gasteiger partial charge in [-0.1, -0.05) is 6.07 Å². The Bertz CT molecular complexity index is 520. The van der Waals surface area contributed by atoms with Gasteiger partial charge in [0.2, 0.25) is 0 Å². The van der Waals surface area contributed by atoms with Gasteiger partial charge < -0.3 is 5.11 Å². The highest BCUT2D eigenvalue weighted by Crippen LogP contribution is 2.18. The van der Waals surface area contributed by atoms with E-state index in [9.17, 15) is 9.50 Å². The number of benzene rings is 1. The molecule has 1 heterocycles. The van der Waals surface area contributed by atoms with E-state index in [0.717, 1.165) is 17.0 Å². The summed E-state index contributed by atoms with van der Waals surface area (Å²) in [5.41, 5.74) is 3.07. The quantitative estimate of drug-likeness (QED) is 0.841. The summed E-state index contributed by atoms with van der Waals surface area (Å²) in [4.78, 5) is 0. The molecule has 0 fully saturated rings. The number of aliphatic hydroxyl groups is 1. The van der Waals surface area contributed by atoms with E-state index in [1.54, 1.807) is 16.8 Å². The lowest BCUT2D eigenvalue weighted by atomic mass is 10.2. The maximum Gasteiger partial charge on any atom is 0.125 e. The van der Waals surface area contributed by atoms with Crippen LogP contribution in [0.25, 0.3) is 5.69 Å². The minimum Gasteiger partial charge on any atom is -0.392 e. The molecule has 0 spiro atoms. The highest BCUT2D eigenvalue weighted by Gasteiger charge is 2.11. The topological polar surface area (TPSA) is 38.0 Å². The molecule has 16 heavy (non-hydrogen) atoms. The second kappa shape index (κ2) is 4.06. The third-order valence-electron chi connectivity index (χ3n) is 2.65. The third-order valence-corrected chi connectivity index (χ3v) is 2.65. The summed E-state index contributed by atoms with van der Waals surface area (Å²) in [6.45, 7) is 3.64. The van der Waals surface area contributed by atoms with Crippen LogP contribution in [0.3, 0.4) is 0 Å². The molecule has 0 aliphatic carbocycles. The molecule has 1 N–H and O–H groups in total. The van der Waals surface area contributed by atoms with Crippen LogP contribution in [0.5, 0.6) is 0 Å². The van der Waals surface area contributed by atoms with Crippen LogP contribution in [0.15, 0.2) is 24.3 Å². The summed E-state index contributed by atoms with van der Waals surface area (Å²) in [6.07, 6.45) is 0. The fourth-order valence-corrected chi connectivity index (χ4v) is 1.76. The minimum absolute atomic E-state index is 0.0486. The molecule has 0 radical (unpaired) electrons. The normalized spacial score (nSPS) is 10.8. The van der Waals surface area contributed by atoms with Crippen molar-refractivity contribution in [2.75, 3.05) is 0 Å². The van der Waals surface area contributed by atoms with Gasteiger partial charge in [-0.25, -0.2) is 9.07 Å². The predicted octanol–water partition coefficient (Wildman–Crippen LogP) is 2.12. The van der Waals surface area contributed by atoms with E-state index in [0.29, 0.717) is 5.69 Å². The van der Waals surface area contributed by atoms with Gasteiger partial charge in [-0.3, -0.25) is 0 Å². The Morgan fingerprint density at radius 2 is 2.12 bits per heavy atom. The molecule has 2 rings (SSSR count). The first-order valence-corrected chi connectivity index (χ1v) is 5.05. The van der Waals surface area contributed by atoms with Crippen molar-refractivity contribution in [2.45, 2.75) is 20.5 Å². The van der Waals surface area contributed by atoms with E-state index in [1.807, 2.05) is 13.8 Å². The zero-order valence-electron chi connectivity index (χ0n) is 9.24. The molecule has 0 saturated carbocycles. The molecule has 3 nitrogen and oxygen atoms in total. The summed E-state index contributed by atoms with van der Waals surface area (Å²) < 4.78 is 14.7.